The number of hydrogen-bond acceptors (Lipinski definition) is 4. The van der Waals surface area contributed by atoms with Crippen molar-refractivity contribution in [1.82, 2.24) is 24.3 Å². The van der Waals surface area contributed by atoms with Crippen molar-refractivity contribution in [2.75, 3.05) is 40.3 Å². The number of piperazine rings is 1. The van der Waals surface area contributed by atoms with Crippen LogP contribution in [-0.4, -0.2) is 76.3 Å². The molecular weight excluding hydrogens is 366 g/mol. The maximum atomic E-state index is 12.6. The van der Waals surface area contributed by atoms with Gasteiger partial charge in [0.05, 0.1) is 17.6 Å². The molecule has 1 aromatic heterocycles. The lowest BCUT2D eigenvalue weighted by molar-refractivity contribution is -0.137. The number of fused-ring (bicyclic) bond motifs is 1. The molecule has 7 heteroatoms. The molecular formula is C22H33N5O2. The number of aryl methyl sites for hydroxylation is 1. The minimum Gasteiger partial charge on any atom is -0.345 e. The molecule has 1 fully saturated rings. The van der Waals surface area contributed by atoms with Crippen LogP contribution < -0.4 is 0 Å². The highest BCUT2D eigenvalue weighted by atomic mass is 16.2. The molecule has 1 aliphatic rings. The fraction of sp³-hybridized carbons (Fsp3) is 0.591. The van der Waals surface area contributed by atoms with Crippen molar-refractivity contribution in [2.45, 2.75) is 33.2 Å². The van der Waals surface area contributed by atoms with Crippen LogP contribution in [0.15, 0.2) is 18.2 Å². The van der Waals surface area contributed by atoms with Crippen LogP contribution in [0.25, 0.3) is 11.0 Å². The Hall–Kier alpha value is -2.41. The lowest BCUT2D eigenvalue weighted by Gasteiger charge is -2.36. The predicted octanol–water partition coefficient (Wildman–Crippen LogP) is 2.36. The summed E-state index contributed by atoms with van der Waals surface area (Å²) in [7, 11) is 5.53. The fourth-order valence-electron chi connectivity index (χ4n) is 4.00. The van der Waals surface area contributed by atoms with Crippen LogP contribution in [0.3, 0.4) is 0 Å². The number of carbonyl (C=O) groups excluding carboxylic acids is 2. The maximum absolute atomic E-state index is 12.6. The lowest BCUT2D eigenvalue weighted by Crippen LogP contribution is -2.50. The molecule has 2 amide bonds. The molecule has 0 saturated carbocycles. The maximum Gasteiger partial charge on any atom is 0.253 e. The molecule has 0 bridgehead atoms. The second-order valence-corrected chi connectivity index (χ2v) is 8.10. The number of nitrogens with zero attached hydrogens (tertiary/aromatic N) is 5. The van der Waals surface area contributed by atoms with E-state index in [2.05, 4.69) is 23.3 Å². The van der Waals surface area contributed by atoms with E-state index in [0.717, 1.165) is 62.4 Å². The van der Waals surface area contributed by atoms with Gasteiger partial charge in [-0.15, -0.1) is 0 Å². The Kier molecular flexibility index (Phi) is 6.57. The van der Waals surface area contributed by atoms with Gasteiger partial charge in [0, 0.05) is 58.8 Å². The summed E-state index contributed by atoms with van der Waals surface area (Å²) in [6, 6.07) is 5.70. The van der Waals surface area contributed by atoms with Crippen LogP contribution in [-0.2, 0) is 18.4 Å². The van der Waals surface area contributed by atoms with E-state index in [-0.39, 0.29) is 11.8 Å². The Morgan fingerprint density at radius 2 is 1.76 bits per heavy atom. The summed E-state index contributed by atoms with van der Waals surface area (Å²) in [6.07, 6.45) is 1.82. The number of aromatic nitrogens is 2. The molecule has 1 aliphatic heterocycles. The minimum absolute atomic E-state index is 0.0163. The van der Waals surface area contributed by atoms with Crippen molar-refractivity contribution in [3.63, 3.8) is 0 Å². The van der Waals surface area contributed by atoms with E-state index in [9.17, 15) is 9.59 Å². The molecule has 0 N–H and O–H groups in total. The van der Waals surface area contributed by atoms with Crippen LogP contribution in [0.2, 0.25) is 0 Å². The standard InChI is InChI=1S/C22H33N5O2/c1-6-16(7-2)22(29)27-12-10-26(11-13-27)15-20-23-18-14-17(21(28)24(3)4)8-9-19(18)25(20)5/h8-9,14,16H,6-7,10-13,15H2,1-5H3. The average molecular weight is 400 g/mol. The first-order valence-corrected chi connectivity index (χ1v) is 10.5. The van der Waals surface area contributed by atoms with E-state index in [0.29, 0.717) is 11.5 Å². The summed E-state index contributed by atoms with van der Waals surface area (Å²) in [5, 5.41) is 0. The highest BCUT2D eigenvalue weighted by Crippen LogP contribution is 2.20. The number of carbonyl (C=O) groups is 2. The number of amides is 2. The molecule has 0 unspecified atom stereocenters. The molecule has 1 saturated heterocycles. The van der Waals surface area contributed by atoms with Gasteiger partial charge in [0.15, 0.2) is 0 Å². The Labute approximate surface area is 173 Å². The normalized spacial score (nSPS) is 15.3. The SMILES string of the molecule is CCC(CC)C(=O)N1CCN(Cc2nc3cc(C(=O)N(C)C)ccc3n2C)CC1. The average Bonchev–Trinajstić information content (AvgIpc) is 3.03. The Morgan fingerprint density at radius 3 is 2.34 bits per heavy atom. The molecule has 158 valence electrons. The summed E-state index contributed by atoms with van der Waals surface area (Å²) in [5.74, 6) is 1.42. The van der Waals surface area contributed by atoms with Gasteiger partial charge in [0.1, 0.15) is 5.82 Å². The number of benzene rings is 1. The second kappa shape index (κ2) is 8.95. The minimum atomic E-state index is -0.0163. The highest BCUT2D eigenvalue weighted by molar-refractivity contribution is 5.97. The van der Waals surface area contributed by atoms with E-state index in [4.69, 9.17) is 4.98 Å². The third-order valence-corrected chi connectivity index (χ3v) is 6.01. The van der Waals surface area contributed by atoms with Gasteiger partial charge < -0.3 is 14.4 Å². The molecule has 2 heterocycles. The summed E-state index contributed by atoms with van der Waals surface area (Å²) in [6.45, 7) is 8.20. The summed E-state index contributed by atoms with van der Waals surface area (Å²) >= 11 is 0. The van der Waals surface area contributed by atoms with E-state index in [1.807, 2.05) is 30.1 Å². The molecule has 2 aromatic rings. The van der Waals surface area contributed by atoms with Gasteiger partial charge in [-0.25, -0.2) is 4.98 Å². The van der Waals surface area contributed by atoms with Gasteiger partial charge in [-0.2, -0.15) is 0 Å². The largest absolute Gasteiger partial charge is 0.345 e. The van der Waals surface area contributed by atoms with E-state index in [1.165, 1.54) is 0 Å². The van der Waals surface area contributed by atoms with Gasteiger partial charge in [-0.1, -0.05) is 13.8 Å². The topological polar surface area (TPSA) is 61.7 Å². The molecule has 0 spiro atoms. The van der Waals surface area contributed by atoms with Crippen LogP contribution in [0.1, 0.15) is 42.9 Å². The molecule has 7 nitrogen and oxygen atoms in total. The lowest BCUT2D eigenvalue weighted by atomic mass is 10.0. The first-order valence-electron chi connectivity index (χ1n) is 10.5. The summed E-state index contributed by atoms with van der Waals surface area (Å²) in [5.41, 5.74) is 2.52. The fourth-order valence-corrected chi connectivity index (χ4v) is 4.00. The van der Waals surface area contributed by atoms with Gasteiger partial charge in [-0.05, 0) is 31.0 Å². The van der Waals surface area contributed by atoms with Gasteiger partial charge in [0.25, 0.3) is 5.91 Å². The van der Waals surface area contributed by atoms with Crippen molar-refractivity contribution < 1.29 is 9.59 Å². The van der Waals surface area contributed by atoms with E-state index >= 15 is 0 Å². The van der Waals surface area contributed by atoms with Crippen LogP contribution >= 0.6 is 0 Å². The first kappa shape index (κ1) is 21.3. The number of hydrogen-bond donors (Lipinski definition) is 0. The van der Waals surface area contributed by atoms with Gasteiger partial charge in [0.2, 0.25) is 5.91 Å². The molecule has 0 atom stereocenters. The van der Waals surface area contributed by atoms with Crippen LogP contribution in [0.4, 0.5) is 0 Å². The van der Waals surface area contributed by atoms with Crippen molar-refractivity contribution in [2.24, 2.45) is 13.0 Å². The van der Waals surface area contributed by atoms with Crippen molar-refractivity contribution in [3.05, 3.63) is 29.6 Å². The monoisotopic (exact) mass is 399 g/mol. The third-order valence-electron chi connectivity index (χ3n) is 6.01. The zero-order chi connectivity index (χ0) is 21.1. The zero-order valence-electron chi connectivity index (χ0n) is 18.3. The molecule has 0 radical (unpaired) electrons. The third kappa shape index (κ3) is 4.45. The molecule has 0 aliphatic carbocycles. The highest BCUT2D eigenvalue weighted by Gasteiger charge is 2.26. The zero-order valence-corrected chi connectivity index (χ0v) is 18.3. The molecule has 29 heavy (non-hydrogen) atoms. The van der Waals surface area contributed by atoms with Gasteiger partial charge in [-0.3, -0.25) is 14.5 Å². The molecule has 1 aromatic carbocycles. The Bertz CT molecular complexity index is 877. The van der Waals surface area contributed by atoms with Gasteiger partial charge >= 0.3 is 0 Å². The van der Waals surface area contributed by atoms with Crippen molar-refractivity contribution in [3.8, 4) is 0 Å². The smallest absolute Gasteiger partial charge is 0.253 e. The molecule has 3 rings (SSSR count). The predicted molar refractivity (Wildman–Crippen MR) is 115 cm³/mol. The summed E-state index contributed by atoms with van der Waals surface area (Å²) in [4.78, 5) is 35.5. The second-order valence-electron chi connectivity index (χ2n) is 8.10. The van der Waals surface area contributed by atoms with E-state index in [1.54, 1.807) is 19.0 Å². The van der Waals surface area contributed by atoms with E-state index < -0.39 is 0 Å². The van der Waals surface area contributed by atoms with Crippen LogP contribution in [0.5, 0.6) is 0 Å². The Morgan fingerprint density at radius 1 is 1.10 bits per heavy atom. The Balaban J connectivity index is 1.67. The number of rotatable bonds is 6. The first-order chi connectivity index (χ1) is 13.8. The van der Waals surface area contributed by atoms with Crippen LogP contribution in [0, 0.1) is 5.92 Å². The quantitative estimate of drug-likeness (QED) is 0.748. The summed E-state index contributed by atoms with van der Waals surface area (Å²) < 4.78 is 2.10. The van der Waals surface area contributed by atoms with Crippen molar-refractivity contribution >= 4 is 22.8 Å². The van der Waals surface area contributed by atoms with Crippen molar-refractivity contribution in [1.29, 1.82) is 0 Å². The number of imidazole rings is 1.